The van der Waals surface area contributed by atoms with Gasteiger partial charge in [-0.15, -0.1) is 5.10 Å². The lowest BCUT2D eigenvalue weighted by atomic mass is 10.2. The Morgan fingerprint density at radius 3 is 2.50 bits per heavy atom. The summed E-state index contributed by atoms with van der Waals surface area (Å²) in [7, 11) is -5.75. The van der Waals surface area contributed by atoms with Crippen LogP contribution in [0.1, 0.15) is 16.8 Å². The number of nitrogens with zero attached hydrogens (tertiary/aromatic N) is 3. The minimum atomic E-state index is -5.75. The van der Waals surface area contributed by atoms with Gasteiger partial charge < -0.3 is 4.18 Å². The number of hydrogen-bond donors (Lipinski definition) is 0. The van der Waals surface area contributed by atoms with Gasteiger partial charge in [0.25, 0.3) is 5.88 Å². The minimum Gasteiger partial charge on any atom is -0.354 e. The molecule has 0 fully saturated rings. The molecule has 0 amide bonds. The van der Waals surface area contributed by atoms with Crippen LogP contribution in [0.2, 0.25) is 0 Å². The number of aromatic nitrogens is 2. The highest BCUT2D eigenvalue weighted by Gasteiger charge is 2.49. The van der Waals surface area contributed by atoms with E-state index in [2.05, 4.69) is 14.4 Å². The zero-order valence-electron chi connectivity index (χ0n) is 12.2. The van der Waals surface area contributed by atoms with Crippen LogP contribution in [0.25, 0.3) is 0 Å². The summed E-state index contributed by atoms with van der Waals surface area (Å²) in [6.45, 7) is 1.53. The van der Waals surface area contributed by atoms with Crippen molar-refractivity contribution in [2.24, 2.45) is 0 Å². The summed E-state index contributed by atoms with van der Waals surface area (Å²) in [6.07, 6.45) is 0. The second kappa shape index (κ2) is 6.02. The van der Waals surface area contributed by atoms with E-state index in [0.717, 1.165) is 5.56 Å². The fourth-order valence-corrected chi connectivity index (χ4v) is 2.77. The summed E-state index contributed by atoms with van der Waals surface area (Å²) in [6, 6.07) is 10.8. The Labute approximate surface area is 136 Å². The van der Waals surface area contributed by atoms with Crippen LogP contribution in [0.4, 0.5) is 13.2 Å². The molecule has 0 atom stereocenters. The van der Waals surface area contributed by atoms with Crippen LogP contribution in [-0.4, -0.2) is 29.0 Å². The van der Waals surface area contributed by atoms with E-state index in [-0.39, 0.29) is 0 Å². The predicted octanol–water partition coefficient (Wildman–Crippen LogP) is 2.22. The standard InChI is InChI=1S/C14H12F3N3O3S/c15-14(16,17)24(21,22)23-13-6-11-8-20(9-12(11)18-19-13)7-10-4-2-1-3-5-10/h1-6H,7-9H2. The molecule has 2 heterocycles. The molecule has 0 bridgehead atoms. The molecular formula is C14H12F3N3O3S. The van der Waals surface area contributed by atoms with Gasteiger partial charge in [-0.1, -0.05) is 30.3 Å². The van der Waals surface area contributed by atoms with Crippen molar-refractivity contribution in [1.82, 2.24) is 15.1 Å². The molecule has 0 spiro atoms. The van der Waals surface area contributed by atoms with Crippen molar-refractivity contribution < 1.29 is 25.8 Å². The predicted molar refractivity (Wildman–Crippen MR) is 77.0 cm³/mol. The van der Waals surface area contributed by atoms with E-state index >= 15 is 0 Å². The van der Waals surface area contributed by atoms with Gasteiger partial charge in [0.2, 0.25) is 0 Å². The summed E-state index contributed by atoms with van der Waals surface area (Å²) in [5.74, 6) is -0.687. The van der Waals surface area contributed by atoms with Crippen LogP contribution in [0.5, 0.6) is 5.88 Å². The summed E-state index contributed by atoms with van der Waals surface area (Å²) < 4.78 is 63.0. The molecule has 2 aromatic rings. The van der Waals surface area contributed by atoms with E-state index < -0.39 is 21.5 Å². The number of alkyl halides is 3. The molecule has 1 aromatic carbocycles. The van der Waals surface area contributed by atoms with Crippen LogP contribution < -0.4 is 4.18 Å². The lowest BCUT2D eigenvalue weighted by Gasteiger charge is -2.13. The molecule has 10 heteroatoms. The van der Waals surface area contributed by atoms with Crippen molar-refractivity contribution in [3.8, 4) is 5.88 Å². The smallest absolute Gasteiger partial charge is 0.354 e. The quantitative estimate of drug-likeness (QED) is 0.616. The molecular weight excluding hydrogens is 347 g/mol. The van der Waals surface area contributed by atoms with Gasteiger partial charge in [0.1, 0.15) is 0 Å². The molecule has 0 saturated carbocycles. The summed E-state index contributed by atoms with van der Waals surface area (Å²) >= 11 is 0. The van der Waals surface area contributed by atoms with Gasteiger partial charge in [-0.05, 0) is 11.1 Å². The van der Waals surface area contributed by atoms with Gasteiger partial charge >= 0.3 is 15.6 Å². The third-order valence-corrected chi connectivity index (χ3v) is 4.39. The number of benzene rings is 1. The average Bonchev–Trinajstić information content (AvgIpc) is 2.88. The first-order valence-corrected chi connectivity index (χ1v) is 8.28. The molecule has 1 aliphatic heterocycles. The first-order chi connectivity index (χ1) is 11.2. The summed E-state index contributed by atoms with van der Waals surface area (Å²) in [4.78, 5) is 2.01. The highest BCUT2D eigenvalue weighted by atomic mass is 32.2. The average molecular weight is 359 g/mol. The lowest BCUT2D eigenvalue weighted by molar-refractivity contribution is -0.0501. The number of fused-ring (bicyclic) bond motifs is 1. The van der Waals surface area contributed by atoms with Gasteiger partial charge in [-0.25, -0.2) is 0 Å². The van der Waals surface area contributed by atoms with Crippen molar-refractivity contribution in [1.29, 1.82) is 0 Å². The van der Waals surface area contributed by atoms with Crippen molar-refractivity contribution in [2.75, 3.05) is 0 Å². The van der Waals surface area contributed by atoms with E-state index in [1.54, 1.807) is 0 Å². The summed E-state index contributed by atoms with van der Waals surface area (Å²) in [5.41, 5.74) is -3.25. The van der Waals surface area contributed by atoms with E-state index in [1.807, 2.05) is 35.2 Å². The second-order valence-electron chi connectivity index (χ2n) is 5.27. The van der Waals surface area contributed by atoms with Crippen LogP contribution in [-0.2, 0) is 29.8 Å². The topological polar surface area (TPSA) is 72.4 Å². The Balaban J connectivity index is 1.72. The molecule has 0 aliphatic carbocycles. The van der Waals surface area contributed by atoms with E-state index in [0.29, 0.717) is 30.9 Å². The Morgan fingerprint density at radius 1 is 1.12 bits per heavy atom. The Hall–Kier alpha value is -2.20. The maximum Gasteiger partial charge on any atom is 0.534 e. The molecule has 0 saturated heterocycles. The Kier molecular flexibility index (Phi) is 4.18. The Morgan fingerprint density at radius 2 is 1.83 bits per heavy atom. The van der Waals surface area contributed by atoms with Gasteiger partial charge in [-0.2, -0.15) is 26.7 Å². The monoisotopic (exact) mass is 359 g/mol. The number of halogens is 3. The maximum atomic E-state index is 12.3. The highest BCUT2D eigenvalue weighted by molar-refractivity contribution is 7.87. The van der Waals surface area contributed by atoms with Crippen LogP contribution in [0.15, 0.2) is 36.4 Å². The first kappa shape index (κ1) is 16.7. The molecule has 0 N–H and O–H groups in total. The van der Waals surface area contributed by atoms with Crippen molar-refractivity contribution in [2.45, 2.75) is 25.1 Å². The molecule has 1 aromatic heterocycles. The fraction of sp³-hybridized carbons (Fsp3) is 0.286. The van der Waals surface area contributed by atoms with Gasteiger partial charge in [0.15, 0.2) is 0 Å². The highest BCUT2D eigenvalue weighted by Crippen LogP contribution is 2.28. The van der Waals surface area contributed by atoms with E-state index in [4.69, 9.17) is 0 Å². The maximum absolute atomic E-state index is 12.3. The molecule has 3 rings (SSSR count). The molecule has 0 radical (unpaired) electrons. The van der Waals surface area contributed by atoms with Gasteiger partial charge in [-0.3, -0.25) is 4.90 Å². The van der Waals surface area contributed by atoms with Crippen molar-refractivity contribution in [3.63, 3.8) is 0 Å². The zero-order valence-corrected chi connectivity index (χ0v) is 13.0. The molecule has 0 unspecified atom stereocenters. The van der Waals surface area contributed by atoms with Crippen molar-refractivity contribution in [3.05, 3.63) is 53.2 Å². The second-order valence-corrected chi connectivity index (χ2v) is 6.81. The summed E-state index contributed by atoms with van der Waals surface area (Å²) in [5, 5.41) is 7.18. The molecule has 1 aliphatic rings. The van der Waals surface area contributed by atoms with Crippen LogP contribution in [0, 0.1) is 0 Å². The van der Waals surface area contributed by atoms with Crippen molar-refractivity contribution >= 4 is 10.1 Å². The molecule has 24 heavy (non-hydrogen) atoms. The Bertz CT molecular complexity index is 841. The SMILES string of the molecule is O=S(=O)(Oc1cc2c(nn1)CN(Cc1ccccc1)C2)C(F)(F)F. The minimum absolute atomic E-state index is 0.419. The van der Waals surface area contributed by atoms with Crippen LogP contribution in [0.3, 0.4) is 0 Å². The van der Waals surface area contributed by atoms with Gasteiger partial charge in [0, 0.05) is 25.7 Å². The molecule has 6 nitrogen and oxygen atoms in total. The van der Waals surface area contributed by atoms with Gasteiger partial charge in [0.05, 0.1) is 5.69 Å². The lowest BCUT2D eigenvalue weighted by Crippen LogP contribution is -2.28. The van der Waals surface area contributed by atoms with E-state index in [9.17, 15) is 21.6 Å². The third-order valence-electron chi connectivity index (χ3n) is 3.43. The zero-order chi connectivity index (χ0) is 17.4. The van der Waals surface area contributed by atoms with E-state index in [1.165, 1.54) is 6.07 Å². The number of rotatable bonds is 4. The number of hydrogen-bond acceptors (Lipinski definition) is 6. The fourth-order valence-electron chi connectivity index (χ4n) is 2.37. The molecule has 128 valence electrons. The third kappa shape index (κ3) is 3.49. The van der Waals surface area contributed by atoms with Crippen LogP contribution >= 0.6 is 0 Å². The first-order valence-electron chi connectivity index (χ1n) is 6.87. The largest absolute Gasteiger partial charge is 0.534 e. The normalized spacial score (nSPS) is 15.3.